The molecule has 18 heavy (non-hydrogen) atoms. The molecule has 1 aromatic carbocycles. The number of aromatic nitrogens is 2. The average Bonchev–Trinajstić information content (AvgIpc) is 2.81. The maximum Gasteiger partial charge on any atom is 0.110 e. The van der Waals surface area contributed by atoms with E-state index in [9.17, 15) is 0 Å². The van der Waals surface area contributed by atoms with Crippen LogP contribution in [0.5, 0.6) is 0 Å². The Morgan fingerprint density at radius 3 is 3.06 bits per heavy atom. The van der Waals surface area contributed by atoms with Gasteiger partial charge in [-0.25, -0.2) is 4.98 Å². The minimum Gasteiger partial charge on any atom is -0.342 e. The second-order valence-electron chi connectivity index (χ2n) is 5.43. The maximum absolute atomic E-state index is 8.90. The summed E-state index contributed by atoms with van der Waals surface area (Å²) < 4.78 is 0. The topological polar surface area (TPSA) is 52.5 Å². The van der Waals surface area contributed by atoms with Crippen molar-refractivity contribution in [3.8, 4) is 6.07 Å². The molecule has 92 valence electrons. The van der Waals surface area contributed by atoms with Crippen molar-refractivity contribution in [2.24, 2.45) is 5.92 Å². The fourth-order valence-electron chi connectivity index (χ4n) is 2.97. The van der Waals surface area contributed by atoms with Gasteiger partial charge in [-0.2, -0.15) is 5.26 Å². The van der Waals surface area contributed by atoms with Crippen molar-refractivity contribution >= 4 is 11.0 Å². The summed E-state index contributed by atoms with van der Waals surface area (Å²) in [6, 6.07) is 7.81. The molecule has 0 radical (unpaired) electrons. The quantitative estimate of drug-likeness (QED) is 0.824. The molecule has 2 unspecified atom stereocenters. The minimum absolute atomic E-state index is 0.562. The predicted molar refractivity (Wildman–Crippen MR) is 71.2 cm³/mol. The number of hydrogen-bond acceptors (Lipinski definition) is 2. The van der Waals surface area contributed by atoms with Crippen molar-refractivity contribution in [1.82, 2.24) is 9.97 Å². The Hall–Kier alpha value is -1.82. The lowest BCUT2D eigenvalue weighted by molar-refractivity contribution is 0.337. The largest absolute Gasteiger partial charge is 0.342 e. The third-order valence-corrected chi connectivity index (χ3v) is 3.95. The molecule has 3 heteroatoms. The van der Waals surface area contributed by atoms with Gasteiger partial charge in [0.05, 0.1) is 22.7 Å². The fraction of sp³-hybridized carbons (Fsp3) is 0.467. The number of aromatic amines is 1. The van der Waals surface area contributed by atoms with Crippen LogP contribution in [0.3, 0.4) is 0 Å². The van der Waals surface area contributed by atoms with Gasteiger partial charge in [0.25, 0.3) is 0 Å². The number of benzene rings is 1. The van der Waals surface area contributed by atoms with Gasteiger partial charge in [0.2, 0.25) is 0 Å². The molecule has 1 aliphatic rings. The summed E-state index contributed by atoms with van der Waals surface area (Å²) in [6.45, 7) is 2.32. The zero-order chi connectivity index (χ0) is 12.5. The van der Waals surface area contributed by atoms with Crippen molar-refractivity contribution in [2.75, 3.05) is 0 Å². The second-order valence-corrected chi connectivity index (χ2v) is 5.43. The van der Waals surface area contributed by atoms with Gasteiger partial charge < -0.3 is 4.98 Å². The molecule has 0 saturated heterocycles. The van der Waals surface area contributed by atoms with Crippen molar-refractivity contribution in [1.29, 1.82) is 5.26 Å². The van der Waals surface area contributed by atoms with Crippen molar-refractivity contribution < 1.29 is 0 Å². The molecule has 1 saturated carbocycles. The highest BCUT2D eigenvalue weighted by molar-refractivity contribution is 5.76. The number of imidazole rings is 1. The number of H-pyrrole nitrogens is 1. The zero-order valence-electron chi connectivity index (χ0n) is 10.6. The fourth-order valence-corrected chi connectivity index (χ4v) is 2.97. The Morgan fingerprint density at radius 1 is 1.39 bits per heavy atom. The van der Waals surface area contributed by atoms with Gasteiger partial charge in [0, 0.05) is 5.92 Å². The van der Waals surface area contributed by atoms with Crippen LogP contribution in [0.1, 0.15) is 49.9 Å². The van der Waals surface area contributed by atoms with E-state index in [0.717, 1.165) is 22.8 Å². The molecule has 1 aliphatic carbocycles. The van der Waals surface area contributed by atoms with Crippen LogP contribution in [-0.2, 0) is 0 Å². The van der Waals surface area contributed by atoms with Crippen molar-refractivity contribution in [3.63, 3.8) is 0 Å². The molecule has 0 bridgehead atoms. The van der Waals surface area contributed by atoms with E-state index < -0.39 is 0 Å². The van der Waals surface area contributed by atoms with E-state index in [2.05, 4.69) is 23.0 Å². The molecule has 3 rings (SSSR count). The molecule has 0 aliphatic heterocycles. The van der Waals surface area contributed by atoms with Crippen LogP contribution in [0, 0.1) is 17.2 Å². The Balaban J connectivity index is 1.95. The molecule has 0 amide bonds. The Kier molecular flexibility index (Phi) is 2.79. The second kappa shape index (κ2) is 4.45. The number of hydrogen-bond donors (Lipinski definition) is 1. The highest BCUT2D eigenvalue weighted by Gasteiger charge is 2.22. The molecular formula is C15H17N3. The summed E-state index contributed by atoms with van der Waals surface area (Å²) in [4.78, 5) is 8.08. The lowest BCUT2D eigenvalue weighted by atomic mass is 9.82. The Labute approximate surface area is 107 Å². The normalized spacial score (nSPS) is 24.0. The molecule has 3 nitrogen and oxygen atoms in total. The third kappa shape index (κ3) is 1.99. The number of fused-ring (bicyclic) bond motifs is 1. The standard InChI is InChI=1S/C15H17N3/c1-10-3-2-4-12(7-10)15-17-13-6-5-11(9-16)8-14(13)18-15/h5-6,8,10,12H,2-4,7H2,1H3,(H,17,18). The Morgan fingerprint density at radius 2 is 2.28 bits per heavy atom. The number of nitrogens with zero attached hydrogens (tertiary/aromatic N) is 2. The third-order valence-electron chi connectivity index (χ3n) is 3.95. The van der Waals surface area contributed by atoms with Crippen LogP contribution < -0.4 is 0 Å². The minimum atomic E-state index is 0.562. The van der Waals surface area contributed by atoms with E-state index in [-0.39, 0.29) is 0 Å². The number of rotatable bonds is 1. The van der Waals surface area contributed by atoms with Crippen LogP contribution in [0.2, 0.25) is 0 Å². The van der Waals surface area contributed by atoms with E-state index in [1.54, 1.807) is 0 Å². The van der Waals surface area contributed by atoms with E-state index in [0.29, 0.717) is 11.5 Å². The van der Waals surface area contributed by atoms with Gasteiger partial charge in [0.15, 0.2) is 0 Å². The first-order valence-corrected chi connectivity index (χ1v) is 6.66. The highest BCUT2D eigenvalue weighted by Crippen LogP contribution is 2.35. The lowest BCUT2D eigenvalue weighted by Crippen LogP contribution is -2.12. The molecule has 1 N–H and O–H groups in total. The van der Waals surface area contributed by atoms with Crippen molar-refractivity contribution in [3.05, 3.63) is 29.6 Å². The smallest absolute Gasteiger partial charge is 0.110 e. The van der Waals surface area contributed by atoms with E-state index in [4.69, 9.17) is 5.26 Å². The number of nitrogens with one attached hydrogen (secondary N) is 1. The Bertz CT molecular complexity index is 606. The van der Waals surface area contributed by atoms with Crippen LogP contribution in [0.25, 0.3) is 11.0 Å². The first-order valence-electron chi connectivity index (χ1n) is 6.66. The van der Waals surface area contributed by atoms with Gasteiger partial charge in [-0.1, -0.05) is 19.8 Å². The maximum atomic E-state index is 8.90. The van der Waals surface area contributed by atoms with Crippen LogP contribution >= 0.6 is 0 Å². The van der Waals surface area contributed by atoms with E-state index >= 15 is 0 Å². The van der Waals surface area contributed by atoms with E-state index in [1.807, 2.05) is 18.2 Å². The summed E-state index contributed by atoms with van der Waals surface area (Å²) in [6.07, 6.45) is 5.10. The monoisotopic (exact) mass is 239 g/mol. The summed E-state index contributed by atoms with van der Waals surface area (Å²) in [5, 5.41) is 8.90. The summed E-state index contributed by atoms with van der Waals surface area (Å²) in [7, 11) is 0. The van der Waals surface area contributed by atoms with Crippen LogP contribution in [-0.4, -0.2) is 9.97 Å². The van der Waals surface area contributed by atoms with Gasteiger partial charge in [-0.05, 0) is 37.0 Å². The molecule has 0 spiro atoms. The van der Waals surface area contributed by atoms with E-state index in [1.165, 1.54) is 25.7 Å². The zero-order valence-corrected chi connectivity index (χ0v) is 10.6. The number of nitriles is 1. The highest BCUT2D eigenvalue weighted by atomic mass is 14.9. The lowest BCUT2D eigenvalue weighted by Gasteiger charge is -2.24. The van der Waals surface area contributed by atoms with Gasteiger partial charge in [-0.3, -0.25) is 0 Å². The SMILES string of the molecule is CC1CCCC(c2nc3ccc(C#N)cc3[nH]2)C1. The summed E-state index contributed by atoms with van der Waals surface area (Å²) in [5.41, 5.74) is 2.65. The van der Waals surface area contributed by atoms with Crippen LogP contribution in [0.4, 0.5) is 0 Å². The molecule has 2 atom stereocenters. The van der Waals surface area contributed by atoms with Gasteiger partial charge in [0.1, 0.15) is 5.82 Å². The molecule has 1 heterocycles. The first kappa shape index (κ1) is 11.3. The van der Waals surface area contributed by atoms with Gasteiger partial charge in [-0.15, -0.1) is 0 Å². The molecule has 2 aromatic rings. The molecular weight excluding hydrogens is 222 g/mol. The first-order chi connectivity index (χ1) is 8.76. The molecule has 1 aromatic heterocycles. The van der Waals surface area contributed by atoms with Crippen LogP contribution in [0.15, 0.2) is 18.2 Å². The van der Waals surface area contributed by atoms with Gasteiger partial charge >= 0.3 is 0 Å². The average molecular weight is 239 g/mol. The van der Waals surface area contributed by atoms with Crippen molar-refractivity contribution in [2.45, 2.75) is 38.5 Å². The predicted octanol–water partition coefficient (Wildman–Crippen LogP) is 3.73. The summed E-state index contributed by atoms with van der Waals surface area (Å²) >= 11 is 0. The summed E-state index contributed by atoms with van der Waals surface area (Å²) in [5.74, 6) is 2.46. The molecule has 1 fully saturated rings.